The van der Waals surface area contributed by atoms with Crippen molar-refractivity contribution in [1.29, 1.82) is 0 Å². The van der Waals surface area contributed by atoms with Gasteiger partial charge >= 0.3 is 12.1 Å². The first-order valence-electron chi connectivity index (χ1n) is 8.70. The highest BCUT2D eigenvalue weighted by atomic mass is 19.4. The molecule has 142 valence electrons. The van der Waals surface area contributed by atoms with E-state index in [4.69, 9.17) is 4.74 Å². The van der Waals surface area contributed by atoms with E-state index >= 15 is 0 Å². The number of esters is 1. The van der Waals surface area contributed by atoms with Crippen LogP contribution in [0.25, 0.3) is 11.1 Å². The molecule has 0 spiro atoms. The number of pyridine rings is 1. The molecule has 0 bridgehead atoms. The summed E-state index contributed by atoms with van der Waals surface area (Å²) in [5.41, 5.74) is 1.91. The van der Waals surface area contributed by atoms with Crippen LogP contribution >= 0.6 is 0 Å². The zero-order valence-electron chi connectivity index (χ0n) is 14.3. The summed E-state index contributed by atoms with van der Waals surface area (Å²) in [5.74, 6) is -1.73. The molecule has 1 aromatic carbocycles. The largest absolute Gasteiger partial charge is 0.491 e. The fraction of sp³-hybridized carbons (Fsp3) is 0.368. The van der Waals surface area contributed by atoms with Gasteiger partial charge in [-0.05, 0) is 23.6 Å². The summed E-state index contributed by atoms with van der Waals surface area (Å²) >= 11 is 0. The van der Waals surface area contributed by atoms with Crippen molar-refractivity contribution in [3.63, 3.8) is 0 Å². The molecule has 2 saturated heterocycles. The zero-order chi connectivity index (χ0) is 19.0. The molecule has 2 aliphatic heterocycles. The van der Waals surface area contributed by atoms with Gasteiger partial charge in [0, 0.05) is 37.3 Å². The Bertz CT molecular complexity index is 811. The van der Waals surface area contributed by atoms with Crippen molar-refractivity contribution in [2.24, 2.45) is 11.8 Å². The third kappa shape index (κ3) is 3.49. The molecule has 27 heavy (non-hydrogen) atoms. The van der Waals surface area contributed by atoms with E-state index in [1.165, 1.54) is 0 Å². The third-order valence-corrected chi connectivity index (χ3v) is 5.11. The molecule has 3 heterocycles. The number of hydrogen-bond acceptors (Lipinski definition) is 5. The van der Waals surface area contributed by atoms with Crippen LogP contribution in [0.2, 0.25) is 0 Å². The predicted molar refractivity (Wildman–Crippen MR) is 92.8 cm³/mol. The van der Waals surface area contributed by atoms with E-state index in [9.17, 15) is 18.0 Å². The molecular weight excluding hydrogens is 359 g/mol. The van der Waals surface area contributed by atoms with E-state index in [2.05, 4.69) is 10.3 Å². The summed E-state index contributed by atoms with van der Waals surface area (Å²) in [6.45, 7) is 1.69. The van der Waals surface area contributed by atoms with Crippen molar-refractivity contribution in [3.8, 4) is 11.1 Å². The number of hydrogen-bond donors (Lipinski definition) is 1. The molecule has 3 unspecified atom stereocenters. The fourth-order valence-electron chi connectivity index (χ4n) is 3.78. The smallest absolute Gasteiger partial charge is 0.434 e. The van der Waals surface area contributed by atoms with E-state index in [0.717, 1.165) is 11.1 Å². The Morgan fingerprint density at radius 1 is 1.11 bits per heavy atom. The van der Waals surface area contributed by atoms with Crippen LogP contribution in [0, 0.1) is 11.8 Å². The Kier molecular flexibility index (Phi) is 4.51. The molecule has 0 radical (unpaired) electrons. The Morgan fingerprint density at radius 3 is 2.56 bits per heavy atom. The van der Waals surface area contributed by atoms with Gasteiger partial charge in [0.25, 0.3) is 0 Å². The van der Waals surface area contributed by atoms with Gasteiger partial charge in [0.2, 0.25) is 0 Å². The second-order valence-electron chi connectivity index (χ2n) is 6.80. The van der Waals surface area contributed by atoms with Gasteiger partial charge < -0.3 is 15.0 Å². The Balaban J connectivity index is 1.58. The van der Waals surface area contributed by atoms with Gasteiger partial charge in [-0.15, -0.1) is 0 Å². The summed E-state index contributed by atoms with van der Waals surface area (Å²) < 4.78 is 42.9. The lowest BCUT2D eigenvalue weighted by molar-refractivity contribution is -0.206. The van der Waals surface area contributed by atoms with E-state index < -0.39 is 18.4 Å². The second kappa shape index (κ2) is 6.84. The number of halogens is 3. The minimum absolute atomic E-state index is 0.117. The van der Waals surface area contributed by atoms with Crippen LogP contribution in [0.15, 0.2) is 48.7 Å². The standard InChI is InChI=1S/C19H18F3N3O2/c20-19(21,22)18(26)27-17-15-10-23-8-14(15)11-25(17)16-7-6-13(9-24-16)12-4-2-1-3-5-12/h1-7,9,14-15,17,23H,8,10-11H2. The van der Waals surface area contributed by atoms with Gasteiger partial charge in [-0.25, -0.2) is 9.78 Å². The Morgan fingerprint density at radius 2 is 1.89 bits per heavy atom. The molecule has 2 aromatic rings. The van der Waals surface area contributed by atoms with Crippen LogP contribution in [-0.2, 0) is 9.53 Å². The summed E-state index contributed by atoms with van der Waals surface area (Å²) in [4.78, 5) is 17.5. The highest BCUT2D eigenvalue weighted by Gasteiger charge is 2.50. The molecular formula is C19H18F3N3O2. The topological polar surface area (TPSA) is 54.5 Å². The quantitative estimate of drug-likeness (QED) is 0.834. The Labute approximate surface area is 154 Å². The van der Waals surface area contributed by atoms with E-state index in [1.807, 2.05) is 36.4 Å². The van der Waals surface area contributed by atoms with E-state index in [0.29, 0.717) is 25.5 Å². The number of carbonyl (C=O) groups excluding carboxylic acids is 1. The average molecular weight is 377 g/mol. The van der Waals surface area contributed by atoms with E-state index in [-0.39, 0.29) is 11.8 Å². The van der Waals surface area contributed by atoms with Gasteiger partial charge in [0.05, 0.1) is 0 Å². The lowest BCUT2D eigenvalue weighted by atomic mass is 9.99. The molecule has 2 fully saturated rings. The molecule has 3 atom stereocenters. The number of carbonyl (C=O) groups is 1. The molecule has 2 aliphatic rings. The van der Waals surface area contributed by atoms with Crippen molar-refractivity contribution < 1.29 is 22.7 Å². The summed E-state index contributed by atoms with van der Waals surface area (Å²) in [6, 6.07) is 13.3. The van der Waals surface area contributed by atoms with Gasteiger partial charge in [0.15, 0.2) is 6.23 Å². The first-order valence-corrected chi connectivity index (χ1v) is 8.70. The first-order chi connectivity index (χ1) is 12.9. The first kappa shape index (κ1) is 17.8. The number of ether oxygens (including phenoxy) is 1. The van der Waals surface area contributed by atoms with Crippen molar-refractivity contribution >= 4 is 11.8 Å². The van der Waals surface area contributed by atoms with Gasteiger partial charge in [-0.1, -0.05) is 30.3 Å². The molecule has 0 aliphatic carbocycles. The molecule has 1 aromatic heterocycles. The van der Waals surface area contributed by atoms with E-state index in [1.54, 1.807) is 17.2 Å². The summed E-state index contributed by atoms with van der Waals surface area (Å²) in [5, 5.41) is 3.15. The molecule has 4 rings (SSSR count). The highest BCUT2D eigenvalue weighted by molar-refractivity contribution is 5.76. The summed E-state index contributed by atoms with van der Waals surface area (Å²) in [7, 11) is 0. The van der Waals surface area contributed by atoms with Gasteiger partial charge in [-0.3, -0.25) is 0 Å². The monoisotopic (exact) mass is 377 g/mol. The third-order valence-electron chi connectivity index (χ3n) is 5.11. The molecule has 5 nitrogen and oxygen atoms in total. The second-order valence-corrected chi connectivity index (χ2v) is 6.80. The minimum Gasteiger partial charge on any atom is -0.434 e. The van der Waals surface area contributed by atoms with Crippen LogP contribution in [0.3, 0.4) is 0 Å². The van der Waals surface area contributed by atoms with Crippen LogP contribution in [0.1, 0.15) is 0 Å². The number of aromatic nitrogens is 1. The van der Waals surface area contributed by atoms with Crippen LogP contribution < -0.4 is 10.2 Å². The van der Waals surface area contributed by atoms with Crippen LogP contribution in [-0.4, -0.2) is 43.0 Å². The maximum Gasteiger partial charge on any atom is 0.491 e. The molecule has 0 amide bonds. The Hall–Kier alpha value is -2.61. The highest BCUT2D eigenvalue weighted by Crippen LogP contribution is 2.37. The summed E-state index contributed by atoms with van der Waals surface area (Å²) in [6.07, 6.45) is -4.31. The van der Waals surface area contributed by atoms with Gasteiger partial charge in [-0.2, -0.15) is 13.2 Å². The van der Waals surface area contributed by atoms with Gasteiger partial charge in [0.1, 0.15) is 5.82 Å². The average Bonchev–Trinajstić information content (AvgIpc) is 3.24. The molecule has 1 N–H and O–H groups in total. The molecule has 8 heteroatoms. The van der Waals surface area contributed by atoms with Crippen molar-refractivity contribution in [2.45, 2.75) is 12.4 Å². The van der Waals surface area contributed by atoms with Crippen molar-refractivity contribution in [2.75, 3.05) is 24.5 Å². The minimum atomic E-state index is -5.01. The number of alkyl halides is 3. The van der Waals surface area contributed by atoms with Crippen molar-refractivity contribution in [3.05, 3.63) is 48.7 Å². The SMILES string of the molecule is O=C(OC1C2CNCC2CN1c1ccc(-c2ccccc2)cn1)C(F)(F)F. The van der Waals surface area contributed by atoms with Crippen LogP contribution in [0.5, 0.6) is 0 Å². The zero-order valence-corrected chi connectivity index (χ0v) is 14.3. The number of anilines is 1. The number of fused-ring (bicyclic) bond motifs is 1. The lowest BCUT2D eigenvalue weighted by Crippen LogP contribution is -2.42. The number of nitrogens with one attached hydrogen (secondary N) is 1. The van der Waals surface area contributed by atoms with Crippen LogP contribution in [0.4, 0.5) is 19.0 Å². The van der Waals surface area contributed by atoms with Crippen molar-refractivity contribution in [1.82, 2.24) is 10.3 Å². The maximum absolute atomic E-state index is 12.7. The number of rotatable bonds is 3. The fourth-order valence-corrected chi connectivity index (χ4v) is 3.78. The maximum atomic E-state index is 12.7. The number of nitrogens with zero attached hydrogens (tertiary/aromatic N) is 2. The normalized spacial score (nSPS) is 24.7. The lowest BCUT2D eigenvalue weighted by Gasteiger charge is -2.28. The molecule has 0 saturated carbocycles. The predicted octanol–water partition coefficient (Wildman–Crippen LogP) is 2.84. The number of benzene rings is 1.